The highest BCUT2D eigenvalue weighted by atomic mass is 35.5. The van der Waals surface area contributed by atoms with Crippen molar-refractivity contribution in [2.45, 2.75) is 26.3 Å². The fourth-order valence-electron chi connectivity index (χ4n) is 3.04. The van der Waals surface area contributed by atoms with E-state index in [2.05, 4.69) is 42.0 Å². The Bertz CT molecular complexity index is 1110. The van der Waals surface area contributed by atoms with Gasteiger partial charge in [-0.3, -0.25) is 5.10 Å². The van der Waals surface area contributed by atoms with Crippen LogP contribution in [0.4, 0.5) is 17.6 Å². The molecule has 1 aromatic carbocycles. The zero-order valence-corrected chi connectivity index (χ0v) is 18.1. The molecule has 3 aromatic heterocycles. The van der Waals surface area contributed by atoms with Crippen molar-refractivity contribution in [1.29, 1.82) is 0 Å². The van der Waals surface area contributed by atoms with E-state index in [9.17, 15) is 0 Å². The fourth-order valence-corrected chi connectivity index (χ4v) is 3.04. The molecule has 0 aliphatic rings. The number of anilines is 3. The Balaban J connectivity index is 0.00000272. The van der Waals surface area contributed by atoms with Crippen molar-refractivity contribution < 1.29 is 9.26 Å². The summed E-state index contributed by atoms with van der Waals surface area (Å²) in [6, 6.07) is 13.7. The standard InChI is InChI=1S/C21H23N7O2.ClH/c1-14-11-17(30-28-14)13-23-21-22-10-9-19(25-21)24-20-12-16(26-27-20)8-7-15-5-3-4-6-18(15)29-2;/h3-6,9-12H,7-8,13H2,1-2H3,(H3,22,23,24,25,26,27);1H. The van der Waals surface area contributed by atoms with Crippen LogP contribution in [0, 0.1) is 6.92 Å². The number of hydrogen-bond acceptors (Lipinski definition) is 8. The smallest absolute Gasteiger partial charge is 0.224 e. The number of aromatic nitrogens is 5. The van der Waals surface area contributed by atoms with E-state index < -0.39 is 0 Å². The first-order chi connectivity index (χ1) is 14.7. The monoisotopic (exact) mass is 441 g/mol. The van der Waals surface area contributed by atoms with Gasteiger partial charge >= 0.3 is 0 Å². The van der Waals surface area contributed by atoms with E-state index in [4.69, 9.17) is 9.26 Å². The summed E-state index contributed by atoms with van der Waals surface area (Å²) >= 11 is 0. The lowest BCUT2D eigenvalue weighted by Gasteiger charge is -2.06. The molecule has 0 saturated carbocycles. The molecule has 9 nitrogen and oxygen atoms in total. The fraction of sp³-hybridized carbons (Fsp3) is 0.238. The van der Waals surface area contributed by atoms with Gasteiger partial charge < -0.3 is 19.9 Å². The molecule has 162 valence electrons. The Kier molecular flexibility index (Phi) is 7.45. The van der Waals surface area contributed by atoms with Crippen LogP contribution in [0.15, 0.2) is 53.2 Å². The van der Waals surface area contributed by atoms with E-state index in [0.717, 1.165) is 41.3 Å². The Morgan fingerprint density at radius 1 is 1.10 bits per heavy atom. The number of benzene rings is 1. The Morgan fingerprint density at radius 3 is 2.77 bits per heavy atom. The number of para-hydroxylation sites is 1. The van der Waals surface area contributed by atoms with Gasteiger partial charge in [0.05, 0.1) is 19.3 Å². The summed E-state index contributed by atoms with van der Waals surface area (Å²) in [6.07, 6.45) is 3.36. The Labute approximate surface area is 186 Å². The third-order valence-electron chi connectivity index (χ3n) is 4.50. The Morgan fingerprint density at radius 2 is 1.97 bits per heavy atom. The van der Waals surface area contributed by atoms with Crippen molar-refractivity contribution in [3.63, 3.8) is 0 Å². The molecule has 0 aliphatic carbocycles. The van der Waals surface area contributed by atoms with Crippen LogP contribution in [0.1, 0.15) is 22.7 Å². The number of ether oxygens (including phenoxy) is 1. The van der Waals surface area contributed by atoms with Crippen LogP contribution in [0.5, 0.6) is 5.75 Å². The molecule has 0 radical (unpaired) electrons. The van der Waals surface area contributed by atoms with Crippen LogP contribution in [0.3, 0.4) is 0 Å². The summed E-state index contributed by atoms with van der Waals surface area (Å²) in [5.74, 6) is 3.45. The van der Waals surface area contributed by atoms with E-state index in [0.29, 0.717) is 24.1 Å². The first-order valence-corrected chi connectivity index (χ1v) is 9.62. The summed E-state index contributed by atoms with van der Waals surface area (Å²) in [7, 11) is 1.69. The summed E-state index contributed by atoms with van der Waals surface area (Å²) in [5, 5.41) is 17.6. The second-order valence-electron chi connectivity index (χ2n) is 6.77. The van der Waals surface area contributed by atoms with Gasteiger partial charge in [-0.25, -0.2) is 4.98 Å². The van der Waals surface area contributed by atoms with E-state index in [1.54, 1.807) is 19.4 Å². The maximum atomic E-state index is 5.41. The van der Waals surface area contributed by atoms with Crippen LogP contribution in [0.2, 0.25) is 0 Å². The molecule has 10 heteroatoms. The third-order valence-corrected chi connectivity index (χ3v) is 4.50. The van der Waals surface area contributed by atoms with Gasteiger partial charge in [0.1, 0.15) is 11.6 Å². The van der Waals surface area contributed by atoms with Crippen molar-refractivity contribution in [2.75, 3.05) is 17.7 Å². The van der Waals surface area contributed by atoms with E-state index in [1.165, 1.54) is 0 Å². The lowest BCUT2D eigenvalue weighted by atomic mass is 10.1. The van der Waals surface area contributed by atoms with Gasteiger partial charge in [0.2, 0.25) is 5.95 Å². The average molecular weight is 442 g/mol. The molecule has 3 N–H and O–H groups in total. The van der Waals surface area contributed by atoms with Gasteiger partial charge in [0, 0.05) is 24.0 Å². The number of methoxy groups -OCH3 is 1. The van der Waals surface area contributed by atoms with Crippen molar-refractivity contribution >= 4 is 30.0 Å². The predicted octanol–water partition coefficient (Wildman–Crippen LogP) is 4.07. The number of halogens is 1. The number of aromatic amines is 1. The molecule has 0 spiro atoms. The molecule has 0 amide bonds. The lowest BCUT2D eigenvalue weighted by molar-refractivity contribution is 0.384. The number of aryl methyl sites for hydroxylation is 3. The number of hydrogen-bond donors (Lipinski definition) is 3. The van der Waals surface area contributed by atoms with Gasteiger partial charge in [-0.1, -0.05) is 23.4 Å². The molecule has 31 heavy (non-hydrogen) atoms. The minimum atomic E-state index is 0. The second kappa shape index (κ2) is 10.4. The molecular weight excluding hydrogens is 418 g/mol. The molecule has 3 heterocycles. The molecular formula is C21H24ClN7O2. The molecule has 0 saturated heterocycles. The minimum absolute atomic E-state index is 0. The zero-order chi connectivity index (χ0) is 20.8. The average Bonchev–Trinajstić information content (AvgIpc) is 3.40. The zero-order valence-electron chi connectivity index (χ0n) is 17.3. The first-order valence-electron chi connectivity index (χ1n) is 9.62. The summed E-state index contributed by atoms with van der Waals surface area (Å²) in [5.41, 5.74) is 3.03. The van der Waals surface area contributed by atoms with Crippen LogP contribution < -0.4 is 15.4 Å². The highest BCUT2D eigenvalue weighted by Crippen LogP contribution is 2.20. The minimum Gasteiger partial charge on any atom is -0.496 e. The van der Waals surface area contributed by atoms with Gasteiger partial charge in [0.25, 0.3) is 0 Å². The van der Waals surface area contributed by atoms with Gasteiger partial charge in [-0.15, -0.1) is 12.4 Å². The number of nitrogens with zero attached hydrogens (tertiary/aromatic N) is 4. The van der Waals surface area contributed by atoms with E-state index in [-0.39, 0.29) is 12.4 Å². The van der Waals surface area contributed by atoms with Gasteiger partial charge in [-0.2, -0.15) is 10.1 Å². The van der Waals surface area contributed by atoms with Gasteiger partial charge in [0.15, 0.2) is 11.6 Å². The molecule has 4 rings (SSSR count). The molecule has 0 aliphatic heterocycles. The van der Waals surface area contributed by atoms with Crippen LogP contribution in [-0.2, 0) is 19.4 Å². The van der Waals surface area contributed by atoms with Crippen molar-refractivity contribution in [2.24, 2.45) is 0 Å². The summed E-state index contributed by atoms with van der Waals surface area (Å²) in [6.45, 7) is 2.34. The van der Waals surface area contributed by atoms with E-state index >= 15 is 0 Å². The van der Waals surface area contributed by atoms with Gasteiger partial charge in [-0.05, 0) is 37.5 Å². The largest absolute Gasteiger partial charge is 0.496 e. The number of nitrogens with one attached hydrogen (secondary N) is 3. The first kappa shape index (κ1) is 22.1. The van der Waals surface area contributed by atoms with Crippen LogP contribution >= 0.6 is 12.4 Å². The summed E-state index contributed by atoms with van der Waals surface area (Å²) < 4.78 is 10.6. The lowest BCUT2D eigenvalue weighted by Crippen LogP contribution is -2.04. The quantitative estimate of drug-likeness (QED) is 0.356. The molecule has 0 unspecified atom stereocenters. The highest BCUT2D eigenvalue weighted by molar-refractivity contribution is 5.85. The number of H-pyrrole nitrogens is 1. The third kappa shape index (κ3) is 5.95. The highest BCUT2D eigenvalue weighted by Gasteiger charge is 2.07. The predicted molar refractivity (Wildman–Crippen MR) is 120 cm³/mol. The normalized spacial score (nSPS) is 10.4. The second-order valence-corrected chi connectivity index (χ2v) is 6.77. The number of rotatable bonds is 9. The van der Waals surface area contributed by atoms with E-state index in [1.807, 2.05) is 37.3 Å². The molecule has 0 atom stereocenters. The van der Waals surface area contributed by atoms with Crippen molar-refractivity contribution in [3.8, 4) is 5.75 Å². The van der Waals surface area contributed by atoms with Crippen LogP contribution in [0.25, 0.3) is 0 Å². The summed E-state index contributed by atoms with van der Waals surface area (Å²) in [4.78, 5) is 8.67. The topological polar surface area (TPSA) is 114 Å². The van der Waals surface area contributed by atoms with Crippen molar-refractivity contribution in [1.82, 2.24) is 25.3 Å². The molecule has 0 fully saturated rings. The SMILES string of the molecule is COc1ccccc1CCc1cc(Nc2ccnc(NCc3cc(C)no3)n2)n[nH]1.Cl. The van der Waals surface area contributed by atoms with Crippen molar-refractivity contribution in [3.05, 3.63) is 71.4 Å². The maximum absolute atomic E-state index is 5.41. The Hall–Kier alpha value is -3.59. The molecule has 4 aromatic rings. The maximum Gasteiger partial charge on any atom is 0.224 e. The van der Waals surface area contributed by atoms with Crippen LogP contribution in [-0.4, -0.2) is 32.4 Å². The molecule has 0 bridgehead atoms.